The van der Waals surface area contributed by atoms with E-state index in [1.54, 1.807) is 17.1 Å². The molecule has 0 spiro atoms. The van der Waals surface area contributed by atoms with Crippen LogP contribution in [0.1, 0.15) is 29.6 Å². The average molecular weight is 304 g/mol. The van der Waals surface area contributed by atoms with Crippen LogP contribution in [0, 0.1) is 5.92 Å². The lowest BCUT2D eigenvalue weighted by molar-refractivity contribution is 0.0947. The molecule has 1 N–H and O–H groups in total. The van der Waals surface area contributed by atoms with Crippen molar-refractivity contribution in [3.05, 3.63) is 48.3 Å². The highest BCUT2D eigenvalue weighted by Crippen LogP contribution is 2.29. The minimum atomic E-state index is -0.0899. The van der Waals surface area contributed by atoms with E-state index in [1.165, 1.54) is 0 Å². The Morgan fingerprint density at radius 3 is 2.86 bits per heavy atom. The molecular formula is C16H18ClN3O. The summed E-state index contributed by atoms with van der Waals surface area (Å²) in [6.07, 6.45) is 6.64. The first-order valence-electron chi connectivity index (χ1n) is 7.26. The molecule has 1 aliphatic rings. The van der Waals surface area contributed by atoms with E-state index < -0.39 is 0 Å². The summed E-state index contributed by atoms with van der Waals surface area (Å²) in [6.45, 7) is 0.642. The van der Waals surface area contributed by atoms with Crippen LogP contribution in [0.5, 0.6) is 0 Å². The topological polar surface area (TPSA) is 46.9 Å². The van der Waals surface area contributed by atoms with Gasteiger partial charge < -0.3 is 5.32 Å². The first kappa shape index (κ1) is 14.1. The van der Waals surface area contributed by atoms with Crippen molar-refractivity contribution in [2.24, 2.45) is 5.92 Å². The molecule has 2 aromatic rings. The Morgan fingerprint density at radius 1 is 1.33 bits per heavy atom. The van der Waals surface area contributed by atoms with Crippen molar-refractivity contribution in [1.29, 1.82) is 0 Å². The van der Waals surface area contributed by atoms with Crippen molar-refractivity contribution in [2.75, 3.05) is 6.54 Å². The van der Waals surface area contributed by atoms with Crippen molar-refractivity contribution >= 4 is 17.5 Å². The number of halogens is 1. The Balaban J connectivity index is 1.62. The third-order valence-electron chi connectivity index (χ3n) is 3.96. The van der Waals surface area contributed by atoms with Crippen LogP contribution in [0.15, 0.2) is 42.7 Å². The van der Waals surface area contributed by atoms with Gasteiger partial charge in [0, 0.05) is 18.1 Å². The molecule has 4 nitrogen and oxygen atoms in total. The van der Waals surface area contributed by atoms with Gasteiger partial charge in [0.15, 0.2) is 0 Å². The number of carbonyl (C=O) groups is 1. The zero-order valence-corrected chi connectivity index (χ0v) is 12.5. The zero-order chi connectivity index (χ0) is 14.7. The van der Waals surface area contributed by atoms with Crippen LogP contribution in [-0.2, 0) is 0 Å². The summed E-state index contributed by atoms with van der Waals surface area (Å²) in [4.78, 5) is 12.1. The number of amides is 1. The molecule has 21 heavy (non-hydrogen) atoms. The van der Waals surface area contributed by atoms with Gasteiger partial charge in [0.25, 0.3) is 5.91 Å². The molecule has 1 saturated carbocycles. The summed E-state index contributed by atoms with van der Waals surface area (Å²) in [5.74, 6) is 0.299. The normalized spacial score (nSPS) is 21.4. The molecule has 110 valence electrons. The van der Waals surface area contributed by atoms with Crippen molar-refractivity contribution in [3.63, 3.8) is 0 Å². The molecule has 1 fully saturated rings. The molecule has 1 aromatic heterocycles. The van der Waals surface area contributed by atoms with Gasteiger partial charge in [-0.15, -0.1) is 11.6 Å². The molecule has 0 bridgehead atoms. The van der Waals surface area contributed by atoms with E-state index >= 15 is 0 Å². The first-order chi connectivity index (χ1) is 10.2. The molecule has 2 atom stereocenters. The number of alkyl halides is 1. The van der Waals surface area contributed by atoms with E-state index in [4.69, 9.17) is 11.6 Å². The lowest BCUT2D eigenvalue weighted by Crippen LogP contribution is -2.30. The number of benzene rings is 1. The van der Waals surface area contributed by atoms with Gasteiger partial charge >= 0.3 is 0 Å². The van der Waals surface area contributed by atoms with Gasteiger partial charge in [-0.25, -0.2) is 4.68 Å². The fraction of sp³-hybridized carbons (Fsp3) is 0.375. The van der Waals surface area contributed by atoms with Crippen LogP contribution in [0.25, 0.3) is 5.69 Å². The van der Waals surface area contributed by atoms with E-state index in [1.807, 2.05) is 30.3 Å². The van der Waals surface area contributed by atoms with Crippen LogP contribution in [0.4, 0.5) is 0 Å². The Morgan fingerprint density at radius 2 is 2.14 bits per heavy atom. The van der Waals surface area contributed by atoms with Gasteiger partial charge in [-0.1, -0.05) is 24.6 Å². The van der Waals surface area contributed by atoms with Gasteiger partial charge in [0.05, 0.1) is 17.4 Å². The molecule has 1 heterocycles. The number of nitrogens with zero attached hydrogens (tertiary/aromatic N) is 2. The maximum absolute atomic E-state index is 12.1. The molecule has 1 amide bonds. The number of carbonyl (C=O) groups excluding carboxylic acids is 1. The van der Waals surface area contributed by atoms with Gasteiger partial charge in [-0.2, -0.15) is 5.10 Å². The Hall–Kier alpha value is -1.81. The maximum Gasteiger partial charge on any atom is 0.254 e. The SMILES string of the molecule is O=C(NCC1CCCC1Cl)c1cnn(-c2ccccc2)c1. The van der Waals surface area contributed by atoms with E-state index in [-0.39, 0.29) is 11.3 Å². The largest absolute Gasteiger partial charge is 0.352 e. The number of aromatic nitrogens is 2. The van der Waals surface area contributed by atoms with Crippen molar-refractivity contribution in [2.45, 2.75) is 24.6 Å². The van der Waals surface area contributed by atoms with E-state index in [9.17, 15) is 4.79 Å². The predicted octanol–water partition coefficient (Wildman–Crippen LogP) is 3.01. The second-order valence-corrected chi connectivity index (χ2v) is 5.99. The minimum absolute atomic E-state index is 0.0899. The standard InChI is InChI=1S/C16H18ClN3O/c17-15-8-4-5-12(15)9-18-16(21)13-10-19-20(11-13)14-6-2-1-3-7-14/h1-3,6-7,10-12,15H,4-5,8-9H2,(H,18,21). The lowest BCUT2D eigenvalue weighted by atomic mass is 10.1. The fourth-order valence-corrected chi connectivity index (χ4v) is 3.08. The number of rotatable bonds is 4. The van der Waals surface area contributed by atoms with Crippen LogP contribution in [-0.4, -0.2) is 27.6 Å². The highest BCUT2D eigenvalue weighted by molar-refractivity contribution is 6.21. The summed E-state index contributed by atoms with van der Waals surface area (Å²) in [6, 6.07) is 9.73. The zero-order valence-electron chi connectivity index (χ0n) is 11.7. The molecular weight excluding hydrogens is 286 g/mol. The molecule has 3 rings (SSSR count). The fourth-order valence-electron chi connectivity index (χ4n) is 2.71. The number of hydrogen-bond donors (Lipinski definition) is 1. The number of nitrogens with one attached hydrogen (secondary N) is 1. The van der Waals surface area contributed by atoms with Crippen molar-refractivity contribution < 1.29 is 4.79 Å². The minimum Gasteiger partial charge on any atom is -0.352 e. The molecule has 1 aliphatic carbocycles. The Kier molecular flexibility index (Phi) is 4.25. The molecule has 0 radical (unpaired) electrons. The van der Waals surface area contributed by atoms with E-state index in [2.05, 4.69) is 10.4 Å². The van der Waals surface area contributed by atoms with Crippen LogP contribution < -0.4 is 5.32 Å². The third-order valence-corrected chi connectivity index (χ3v) is 4.53. The van der Waals surface area contributed by atoms with Gasteiger partial charge in [-0.05, 0) is 30.9 Å². The van der Waals surface area contributed by atoms with Gasteiger partial charge in [-0.3, -0.25) is 4.79 Å². The number of para-hydroxylation sites is 1. The maximum atomic E-state index is 12.1. The molecule has 5 heteroatoms. The van der Waals surface area contributed by atoms with E-state index in [0.717, 1.165) is 24.9 Å². The average Bonchev–Trinajstić information content (AvgIpc) is 3.15. The quantitative estimate of drug-likeness (QED) is 0.883. The monoisotopic (exact) mass is 303 g/mol. The molecule has 2 unspecified atom stereocenters. The summed E-state index contributed by atoms with van der Waals surface area (Å²) >= 11 is 6.22. The smallest absolute Gasteiger partial charge is 0.254 e. The summed E-state index contributed by atoms with van der Waals surface area (Å²) in [5.41, 5.74) is 1.51. The highest BCUT2D eigenvalue weighted by atomic mass is 35.5. The van der Waals surface area contributed by atoms with Gasteiger partial charge in [0.1, 0.15) is 0 Å². The second-order valence-electron chi connectivity index (χ2n) is 5.43. The summed E-state index contributed by atoms with van der Waals surface area (Å²) < 4.78 is 1.70. The molecule has 0 saturated heterocycles. The first-order valence-corrected chi connectivity index (χ1v) is 7.70. The van der Waals surface area contributed by atoms with E-state index in [0.29, 0.717) is 18.0 Å². The third kappa shape index (κ3) is 3.27. The Labute approximate surface area is 129 Å². The lowest BCUT2D eigenvalue weighted by Gasteiger charge is -2.13. The van der Waals surface area contributed by atoms with Crippen molar-refractivity contribution in [1.82, 2.24) is 15.1 Å². The second kappa shape index (κ2) is 6.31. The highest BCUT2D eigenvalue weighted by Gasteiger charge is 2.25. The molecule has 0 aliphatic heterocycles. The number of hydrogen-bond acceptors (Lipinski definition) is 2. The van der Waals surface area contributed by atoms with Crippen LogP contribution >= 0.6 is 11.6 Å². The molecule has 1 aromatic carbocycles. The summed E-state index contributed by atoms with van der Waals surface area (Å²) in [7, 11) is 0. The Bertz CT molecular complexity index is 611. The predicted molar refractivity (Wildman–Crippen MR) is 82.9 cm³/mol. The van der Waals surface area contributed by atoms with Crippen LogP contribution in [0.2, 0.25) is 0 Å². The van der Waals surface area contributed by atoms with Gasteiger partial charge in [0.2, 0.25) is 0 Å². The summed E-state index contributed by atoms with van der Waals surface area (Å²) in [5, 5.41) is 7.38. The van der Waals surface area contributed by atoms with Crippen LogP contribution in [0.3, 0.4) is 0 Å². The van der Waals surface area contributed by atoms with Crippen molar-refractivity contribution in [3.8, 4) is 5.69 Å².